The number of hydrogen-bond acceptors (Lipinski definition) is 2. The van der Waals surface area contributed by atoms with Crippen LogP contribution in [0.4, 0.5) is 0 Å². The van der Waals surface area contributed by atoms with Gasteiger partial charge < -0.3 is 4.74 Å². The molecule has 0 aromatic heterocycles. The molecule has 0 bridgehead atoms. The summed E-state index contributed by atoms with van der Waals surface area (Å²) >= 11 is 0. The molecule has 0 saturated carbocycles. The van der Waals surface area contributed by atoms with Crippen LogP contribution in [0.2, 0.25) is 0 Å². The maximum atomic E-state index is 9.58. The summed E-state index contributed by atoms with van der Waals surface area (Å²) in [5, 5.41) is 0. The molecule has 0 aliphatic rings. The van der Waals surface area contributed by atoms with E-state index in [2.05, 4.69) is 18.6 Å². The Morgan fingerprint density at radius 1 is 1.56 bits per heavy atom. The Bertz CT molecular complexity index is 95.1. The van der Waals surface area contributed by atoms with E-state index in [0.717, 1.165) is 6.42 Å². The van der Waals surface area contributed by atoms with Crippen molar-refractivity contribution >= 4 is 6.47 Å². The fraction of sp³-hybridized carbons (Fsp3) is 0.571. The van der Waals surface area contributed by atoms with Crippen LogP contribution >= 0.6 is 0 Å². The van der Waals surface area contributed by atoms with E-state index in [1.54, 1.807) is 0 Å². The van der Waals surface area contributed by atoms with Gasteiger partial charge in [0.2, 0.25) is 0 Å². The quantitative estimate of drug-likeness (QED) is 0.425. The van der Waals surface area contributed by atoms with Crippen molar-refractivity contribution in [3.05, 3.63) is 12.3 Å². The maximum Gasteiger partial charge on any atom is 0.297 e. The minimum absolute atomic E-state index is 0.414. The van der Waals surface area contributed by atoms with Crippen LogP contribution in [0.25, 0.3) is 0 Å². The first-order valence-corrected chi connectivity index (χ1v) is 3.01. The molecular weight excluding hydrogens is 116 g/mol. The number of rotatable bonds is 4. The lowest BCUT2D eigenvalue weighted by Crippen LogP contribution is -1.82. The molecule has 0 unspecified atom stereocenters. The molecule has 0 atom stereocenters. The lowest BCUT2D eigenvalue weighted by molar-refractivity contribution is -0.123. The number of carbonyl (C=O) groups excluding carboxylic acids is 1. The summed E-state index contributed by atoms with van der Waals surface area (Å²) in [5.74, 6) is 0.622. The van der Waals surface area contributed by atoms with Crippen molar-refractivity contribution in [1.82, 2.24) is 0 Å². The van der Waals surface area contributed by atoms with Gasteiger partial charge in [0.05, 0.1) is 6.26 Å². The van der Waals surface area contributed by atoms with Gasteiger partial charge in [0.15, 0.2) is 0 Å². The second-order valence-corrected chi connectivity index (χ2v) is 2.23. The van der Waals surface area contributed by atoms with Crippen LogP contribution < -0.4 is 0 Å². The highest BCUT2D eigenvalue weighted by Gasteiger charge is 1.85. The molecule has 0 aliphatic carbocycles. The topological polar surface area (TPSA) is 26.3 Å². The summed E-state index contributed by atoms with van der Waals surface area (Å²) in [5.41, 5.74) is 0. The molecule has 0 spiro atoms. The molecule has 2 nitrogen and oxygen atoms in total. The van der Waals surface area contributed by atoms with E-state index in [1.807, 2.05) is 6.08 Å². The Kier molecular flexibility index (Phi) is 4.88. The summed E-state index contributed by atoms with van der Waals surface area (Å²) in [6.45, 7) is 4.62. The molecule has 2 heteroatoms. The Morgan fingerprint density at radius 3 is 2.67 bits per heavy atom. The average molecular weight is 128 g/mol. The van der Waals surface area contributed by atoms with E-state index in [1.165, 1.54) is 6.26 Å². The molecule has 0 saturated heterocycles. The van der Waals surface area contributed by atoms with Gasteiger partial charge in [-0.15, -0.1) is 0 Å². The summed E-state index contributed by atoms with van der Waals surface area (Å²) in [6, 6.07) is 0. The number of allylic oxidation sites excluding steroid dienone is 1. The second-order valence-electron chi connectivity index (χ2n) is 2.23. The van der Waals surface area contributed by atoms with Gasteiger partial charge in [0.25, 0.3) is 6.47 Å². The first kappa shape index (κ1) is 8.21. The van der Waals surface area contributed by atoms with E-state index < -0.39 is 0 Å². The molecule has 0 amide bonds. The zero-order valence-corrected chi connectivity index (χ0v) is 5.83. The summed E-state index contributed by atoms with van der Waals surface area (Å²) in [6.07, 6.45) is 4.19. The lowest BCUT2D eigenvalue weighted by Gasteiger charge is -1.94. The van der Waals surface area contributed by atoms with Crippen LogP contribution in [-0.2, 0) is 9.53 Å². The van der Waals surface area contributed by atoms with E-state index in [4.69, 9.17) is 0 Å². The molecule has 0 aromatic rings. The Hall–Kier alpha value is -0.790. The molecule has 0 N–H and O–H groups in total. The van der Waals surface area contributed by atoms with Crippen molar-refractivity contribution in [1.29, 1.82) is 0 Å². The number of carbonyl (C=O) groups is 1. The van der Waals surface area contributed by atoms with Gasteiger partial charge in [-0.05, 0) is 18.4 Å². The highest BCUT2D eigenvalue weighted by molar-refractivity contribution is 5.38. The summed E-state index contributed by atoms with van der Waals surface area (Å²) in [7, 11) is 0. The van der Waals surface area contributed by atoms with Gasteiger partial charge in [-0.1, -0.05) is 13.8 Å². The summed E-state index contributed by atoms with van der Waals surface area (Å²) < 4.78 is 4.32. The van der Waals surface area contributed by atoms with Crippen LogP contribution in [0, 0.1) is 5.92 Å². The van der Waals surface area contributed by atoms with E-state index in [-0.39, 0.29) is 0 Å². The predicted octanol–water partition coefficient (Wildman–Crippen LogP) is 1.72. The van der Waals surface area contributed by atoms with Crippen molar-refractivity contribution in [3.63, 3.8) is 0 Å². The normalized spacial score (nSPS) is 10.6. The van der Waals surface area contributed by atoms with Gasteiger partial charge in [-0.2, -0.15) is 0 Å². The Labute approximate surface area is 55.5 Å². The fourth-order valence-electron chi connectivity index (χ4n) is 0.415. The van der Waals surface area contributed by atoms with E-state index in [0.29, 0.717) is 12.4 Å². The minimum atomic E-state index is 0.414. The molecule has 0 radical (unpaired) electrons. The van der Waals surface area contributed by atoms with Crippen molar-refractivity contribution in [2.45, 2.75) is 20.3 Å². The minimum Gasteiger partial charge on any atom is -0.437 e. The fourth-order valence-corrected chi connectivity index (χ4v) is 0.415. The third-order valence-electron chi connectivity index (χ3n) is 0.838. The molecule has 9 heavy (non-hydrogen) atoms. The third kappa shape index (κ3) is 7.21. The monoisotopic (exact) mass is 128 g/mol. The van der Waals surface area contributed by atoms with Crippen molar-refractivity contribution in [3.8, 4) is 0 Å². The first-order chi connectivity index (χ1) is 4.27. The second kappa shape index (κ2) is 5.35. The van der Waals surface area contributed by atoms with Gasteiger partial charge in [0, 0.05) is 0 Å². The van der Waals surface area contributed by atoms with Crippen LogP contribution in [0.3, 0.4) is 0 Å². The van der Waals surface area contributed by atoms with Gasteiger partial charge in [-0.3, -0.25) is 4.79 Å². The van der Waals surface area contributed by atoms with Crippen LogP contribution in [-0.4, -0.2) is 6.47 Å². The first-order valence-electron chi connectivity index (χ1n) is 3.01. The van der Waals surface area contributed by atoms with Crippen LogP contribution in [0.1, 0.15) is 20.3 Å². The predicted molar refractivity (Wildman–Crippen MR) is 35.7 cm³/mol. The smallest absolute Gasteiger partial charge is 0.297 e. The number of hydrogen-bond donors (Lipinski definition) is 0. The van der Waals surface area contributed by atoms with Crippen molar-refractivity contribution < 1.29 is 9.53 Å². The molecule has 0 aromatic carbocycles. The number of ether oxygens (including phenoxy) is 1. The van der Waals surface area contributed by atoms with Crippen molar-refractivity contribution in [2.75, 3.05) is 0 Å². The summed E-state index contributed by atoms with van der Waals surface area (Å²) in [4.78, 5) is 9.58. The highest BCUT2D eigenvalue weighted by atomic mass is 16.5. The van der Waals surface area contributed by atoms with E-state index >= 15 is 0 Å². The Balaban J connectivity index is 3.14. The van der Waals surface area contributed by atoms with E-state index in [9.17, 15) is 4.79 Å². The van der Waals surface area contributed by atoms with Crippen molar-refractivity contribution in [2.24, 2.45) is 5.92 Å². The molecule has 0 rings (SSSR count). The third-order valence-corrected chi connectivity index (χ3v) is 0.838. The standard InChI is InChI=1S/C7H12O2/c1-7(2)4-3-5-9-6-8/h3,5-7H,4H2,1-2H3. The zero-order valence-electron chi connectivity index (χ0n) is 5.83. The molecule has 52 valence electrons. The molecule has 0 heterocycles. The SMILES string of the molecule is CC(C)CC=COC=O. The lowest BCUT2D eigenvalue weighted by atomic mass is 10.1. The van der Waals surface area contributed by atoms with Gasteiger partial charge in [-0.25, -0.2) is 0 Å². The molecule has 0 fully saturated rings. The largest absolute Gasteiger partial charge is 0.437 e. The zero-order chi connectivity index (χ0) is 7.11. The molecular formula is C7H12O2. The highest BCUT2D eigenvalue weighted by Crippen LogP contribution is 1.98. The Morgan fingerprint density at radius 2 is 2.22 bits per heavy atom. The van der Waals surface area contributed by atoms with Crippen LogP contribution in [0.15, 0.2) is 12.3 Å². The molecule has 0 aliphatic heterocycles. The van der Waals surface area contributed by atoms with Gasteiger partial charge in [0.1, 0.15) is 0 Å². The van der Waals surface area contributed by atoms with Crippen LogP contribution in [0.5, 0.6) is 0 Å². The van der Waals surface area contributed by atoms with Gasteiger partial charge >= 0.3 is 0 Å². The maximum absolute atomic E-state index is 9.58. The average Bonchev–Trinajstić information content (AvgIpc) is 1.80.